The van der Waals surface area contributed by atoms with E-state index in [1.807, 2.05) is 19.1 Å². The van der Waals surface area contributed by atoms with Crippen molar-refractivity contribution < 1.29 is 14.1 Å². The quantitative estimate of drug-likeness (QED) is 0.348. The predicted octanol–water partition coefficient (Wildman–Crippen LogP) is 2.64. The average Bonchev–Trinajstić information content (AvgIpc) is 2.26. The Hall–Kier alpha value is -1.55. The number of ether oxygens (including phenoxy) is 1. The minimum atomic E-state index is 0.535. The third-order valence-corrected chi connectivity index (χ3v) is 2.21. The molecule has 0 fully saturated rings. The molecule has 0 aliphatic rings. The molecule has 0 saturated carbocycles. The highest BCUT2D eigenvalue weighted by Gasteiger charge is 2.08. The molecule has 1 aromatic rings. The molecule has 100 valence electrons. The average molecular weight is 251 g/mol. The lowest BCUT2D eigenvalue weighted by Gasteiger charge is -2.23. The van der Waals surface area contributed by atoms with Crippen molar-refractivity contribution in [2.24, 2.45) is 5.16 Å². The van der Waals surface area contributed by atoms with Crippen LogP contribution in [0.5, 0.6) is 5.75 Å². The number of nitrogens with zero attached hydrogens (tertiary/aromatic N) is 2. The van der Waals surface area contributed by atoms with Gasteiger partial charge in [0.15, 0.2) is 5.75 Å². The maximum Gasteiger partial charge on any atom is 0.223 e. The van der Waals surface area contributed by atoms with Crippen molar-refractivity contribution in [3.8, 4) is 5.75 Å². The number of quaternary nitrogens is 1. The number of hydrogen-bond acceptors (Lipinski definition) is 3. The number of benzene rings is 1. The van der Waals surface area contributed by atoms with Crippen LogP contribution in [0.15, 0.2) is 29.4 Å². The van der Waals surface area contributed by atoms with E-state index in [2.05, 4.69) is 38.4 Å². The van der Waals surface area contributed by atoms with Crippen molar-refractivity contribution in [2.75, 3.05) is 27.7 Å². The number of rotatable bonds is 5. The maximum absolute atomic E-state index is 5.26. The molecule has 1 aromatic carbocycles. The lowest BCUT2D eigenvalue weighted by atomic mass is 10.2. The molecule has 0 atom stereocenters. The van der Waals surface area contributed by atoms with E-state index < -0.39 is 0 Å². The van der Waals surface area contributed by atoms with E-state index >= 15 is 0 Å². The monoisotopic (exact) mass is 251 g/mol. The molecule has 0 unspecified atom stereocenters. The molecular weight excluding hydrogens is 228 g/mol. The predicted molar refractivity (Wildman–Crippen MR) is 73.5 cm³/mol. The standard InChI is InChI=1S/C14H23N2O2/c1-6-17-12(2)15-18-14-9-7-13(8-10-14)11-16(3,4)5/h7-10H,6,11H2,1-5H3/q+1/b15-12-. The Morgan fingerprint density at radius 3 is 2.28 bits per heavy atom. The molecular formula is C14H23N2O2+. The first-order valence-corrected chi connectivity index (χ1v) is 6.14. The first kappa shape index (κ1) is 14.5. The summed E-state index contributed by atoms with van der Waals surface area (Å²) in [6.07, 6.45) is 0. The van der Waals surface area contributed by atoms with E-state index in [9.17, 15) is 0 Å². The molecule has 0 aromatic heterocycles. The van der Waals surface area contributed by atoms with Gasteiger partial charge in [-0.25, -0.2) is 0 Å². The molecule has 0 radical (unpaired) electrons. The molecule has 0 amide bonds. The SMILES string of the molecule is CCO/C(C)=N\Oc1ccc(C[N+](C)(C)C)cc1. The van der Waals surface area contributed by atoms with Crippen LogP contribution < -0.4 is 4.84 Å². The van der Waals surface area contributed by atoms with Gasteiger partial charge in [-0.1, -0.05) is 0 Å². The van der Waals surface area contributed by atoms with Gasteiger partial charge in [-0.2, -0.15) is 0 Å². The Kier molecular flexibility index (Phi) is 5.16. The van der Waals surface area contributed by atoms with Crippen LogP contribution in [0.3, 0.4) is 0 Å². The van der Waals surface area contributed by atoms with Crippen LogP contribution in [0.4, 0.5) is 0 Å². The second kappa shape index (κ2) is 6.40. The van der Waals surface area contributed by atoms with Crippen LogP contribution in [-0.4, -0.2) is 38.1 Å². The van der Waals surface area contributed by atoms with Gasteiger partial charge >= 0.3 is 0 Å². The Labute approximate surface area is 109 Å². The van der Waals surface area contributed by atoms with E-state index in [0.29, 0.717) is 12.5 Å². The summed E-state index contributed by atoms with van der Waals surface area (Å²) >= 11 is 0. The summed E-state index contributed by atoms with van der Waals surface area (Å²) in [7, 11) is 6.50. The summed E-state index contributed by atoms with van der Waals surface area (Å²) in [6, 6.07) is 7.97. The van der Waals surface area contributed by atoms with Crippen LogP contribution in [0, 0.1) is 0 Å². The zero-order valence-electron chi connectivity index (χ0n) is 11.9. The van der Waals surface area contributed by atoms with Gasteiger partial charge < -0.3 is 14.1 Å². The Morgan fingerprint density at radius 2 is 1.78 bits per heavy atom. The Morgan fingerprint density at radius 1 is 1.17 bits per heavy atom. The van der Waals surface area contributed by atoms with E-state index in [1.54, 1.807) is 6.92 Å². The summed E-state index contributed by atoms with van der Waals surface area (Å²) < 4.78 is 6.08. The van der Waals surface area contributed by atoms with Crippen molar-refractivity contribution in [3.63, 3.8) is 0 Å². The van der Waals surface area contributed by atoms with Gasteiger partial charge in [0, 0.05) is 12.5 Å². The minimum Gasteiger partial charge on any atom is -0.479 e. The molecule has 0 spiro atoms. The zero-order chi connectivity index (χ0) is 13.6. The number of oxime groups is 1. The lowest BCUT2D eigenvalue weighted by Crippen LogP contribution is -2.33. The second-order valence-corrected chi connectivity index (χ2v) is 5.23. The Bertz CT molecular complexity index is 391. The molecule has 0 heterocycles. The van der Waals surface area contributed by atoms with E-state index in [-0.39, 0.29) is 0 Å². The van der Waals surface area contributed by atoms with E-state index in [4.69, 9.17) is 9.57 Å². The second-order valence-electron chi connectivity index (χ2n) is 5.23. The van der Waals surface area contributed by atoms with Crippen LogP contribution in [-0.2, 0) is 11.3 Å². The van der Waals surface area contributed by atoms with Crippen molar-refractivity contribution >= 4 is 5.90 Å². The molecule has 0 bridgehead atoms. The highest BCUT2D eigenvalue weighted by Crippen LogP contribution is 2.14. The lowest BCUT2D eigenvalue weighted by molar-refractivity contribution is -0.884. The van der Waals surface area contributed by atoms with E-state index in [0.717, 1.165) is 16.8 Å². The first-order valence-electron chi connectivity index (χ1n) is 6.14. The van der Waals surface area contributed by atoms with Gasteiger partial charge in [0.1, 0.15) is 6.54 Å². The minimum absolute atomic E-state index is 0.535. The van der Waals surface area contributed by atoms with Gasteiger partial charge in [0.05, 0.1) is 27.7 Å². The van der Waals surface area contributed by atoms with Gasteiger partial charge in [-0.05, 0) is 36.3 Å². The first-order chi connectivity index (χ1) is 8.40. The Balaban J connectivity index is 2.58. The highest BCUT2D eigenvalue weighted by atomic mass is 16.6. The fourth-order valence-corrected chi connectivity index (χ4v) is 1.56. The molecule has 18 heavy (non-hydrogen) atoms. The molecule has 4 nitrogen and oxygen atoms in total. The molecule has 0 aliphatic carbocycles. The van der Waals surface area contributed by atoms with Crippen molar-refractivity contribution in [3.05, 3.63) is 29.8 Å². The van der Waals surface area contributed by atoms with Crippen LogP contribution in [0.25, 0.3) is 0 Å². The smallest absolute Gasteiger partial charge is 0.223 e. The molecule has 0 N–H and O–H groups in total. The number of hydrogen-bond donors (Lipinski definition) is 0. The van der Waals surface area contributed by atoms with Gasteiger partial charge in [0.2, 0.25) is 5.90 Å². The van der Waals surface area contributed by atoms with Crippen molar-refractivity contribution in [1.82, 2.24) is 0 Å². The largest absolute Gasteiger partial charge is 0.479 e. The van der Waals surface area contributed by atoms with Gasteiger partial charge in [-0.3, -0.25) is 0 Å². The van der Waals surface area contributed by atoms with E-state index in [1.165, 1.54) is 5.56 Å². The summed E-state index contributed by atoms with van der Waals surface area (Å²) in [5.74, 6) is 1.26. The summed E-state index contributed by atoms with van der Waals surface area (Å²) in [5.41, 5.74) is 1.28. The fraction of sp³-hybridized carbons (Fsp3) is 0.500. The van der Waals surface area contributed by atoms with Crippen molar-refractivity contribution in [1.29, 1.82) is 0 Å². The topological polar surface area (TPSA) is 30.8 Å². The van der Waals surface area contributed by atoms with Crippen LogP contribution in [0.1, 0.15) is 19.4 Å². The fourth-order valence-electron chi connectivity index (χ4n) is 1.56. The van der Waals surface area contributed by atoms with Gasteiger partial charge in [0.25, 0.3) is 0 Å². The molecule has 4 heteroatoms. The normalized spacial score (nSPS) is 12.4. The zero-order valence-corrected chi connectivity index (χ0v) is 11.9. The molecule has 1 rings (SSSR count). The maximum atomic E-state index is 5.26. The van der Waals surface area contributed by atoms with Crippen LogP contribution >= 0.6 is 0 Å². The third kappa shape index (κ3) is 5.68. The third-order valence-electron chi connectivity index (χ3n) is 2.21. The molecule has 0 aliphatic heterocycles. The van der Waals surface area contributed by atoms with Gasteiger partial charge in [-0.15, -0.1) is 0 Å². The summed E-state index contributed by atoms with van der Waals surface area (Å²) in [6.45, 7) is 5.27. The molecule has 0 saturated heterocycles. The summed E-state index contributed by atoms with van der Waals surface area (Å²) in [4.78, 5) is 5.26. The highest BCUT2D eigenvalue weighted by molar-refractivity contribution is 5.72. The van der Waals surface area contributed by atoms with Crippen LogP contribution in [0.2, 0.25) is 0 Å². The van der Waals surface area contributed by atoms with Crippen molar-refractivity contribution in [2.45, 2.75) is 20.4 Å². The summed E-state index contributed by atoms with van der Waals surface area (Å²) in [5, 5.41) is 3.88.